The number of hydrogen-bond donors (Lipinski definition) is 3. The molecule has 3 fully saturated rings. The molecule has 0 spiro atoms. The Labute approximate surface area is 289 Å². The van der Waals surface area contributed by atoms with Crippen molar-refractivity contribution in [2.45, 2.75) is 95.1 Å². The predicted octanol–water partition coefficient (Wildman–Crippen LogP) is 3.61. The number of likely N-dealkylation sites (tertiary alicyclic amines) is 1. The molecule has 13 nitrogen and oxygen atoms in total. The first-order chi connectivity index (χ1) is 23.6. The van der Waals surface area contributed by atoms with Crippen LogP contribution in [0.25, 0.3) is 16.7 Å². The molecule has 3 heterocycles. The van der Waals surface area contributed by atoms with Crippen LogP contribution >= 0.6 is 0 Å². The van der Waals surface area contributed by atoms with Gasteiger partial charge in [0.1, 0.15) is 34.7 Å². The molecule has 0 bridgehead atoms. The fraction of sp³-hybridized carbons (Fsp3) is 0.514. The fourth-order valence-electron chi connectivity index (χ4n) is 5.22. The van der Waals surface area contributed by atoms with E-state index in [0.29, 0.717) is 42.6 Å². The van der Waals surface area contributed by atoms with E-state index in [-0.39, 0.29) is 28.5 Å². The van der Waals surface area contributed by atoms with Crippen LogP contribution in [-0.2, 0) is 30.1 Å². The van der Waals surface area contributed by atoms with Gasteiger partial charge < -0.3 is 24.7 Å². The van der Waals surface area contributed by atoms with Crippen LogP contribution in [0.1, 0.15) is 70.3 Å². The molecular weight excluding hydrogens is 648 g/mol. The minimum Gasteiger partial charge on any atom is -0.497 e. The molecule has 3 amide bonds. The first kappa shape index (κ1) is 37.5. The van der Waals surface area contributed by atoms with Crippen molar-refractivity contribution in [1.82, 2.24) is 29.7 Å². The van der Waals surface area contributed by atoms with E-state index >= 15 is 0 Å². The molecule has 6 rings (SSSR count). The molecule has 2 unspecified atom stereocenters. The van der Waals surface area contributed by atoms with Gasteiger partial charge in [0, 0.05) is 42.9 Å². The Kier molecular flexibility index (Phi) is 14.1. The molecular formula is C35H48N6O7S. The number of methoxy groups -OCH3 is 1. The zero-order chi connectivity index (χ0) is 35.3. The number of allylic oxidation sites excluding steroid dienone is 1. The van der Waals surface area contributed by atoms with Crippen molar-refractivity contribution in [3.63, 3.8) is 0 Å². The van der Waals surface area contributed by atoms with Gasteiger partial charge >= 0.3 is 0 Å². The predicted molar refractivity (Wildman–Crippen MR) is 189 cm³/mol. The first-order valence-electron chi connectivity index (χ1n) is 16.8. The number of nitrogens with zero attached hydrogens (tertiary/aromatic N) is 3. The third-order valence-electron chi connectivity index (χ3n) is 8.25. The highest BCUT2D eigenvalue weighted by Crippen LogP contribution is 2.25. The normalized spacial score (nSPS) is 17.9. The van der Waals surface area contributed by atoms with Gasteiger partial charge in [-0.25, -0.2) is 8.89 Å². The summed E-state index contributed by atoms with van der Waals surface area (Å²) in [6, 6.07) is 6.90. The van der Waals surface area contributed by atoms with Crippen molar-refractivity contribution in [2.75, 3.05) is 20.3 Å². The van der Waals surface area contributed by atoms with Gasteiger partial charge in [0.2, 0.25) is 12.3 Å². The van der Waals surface area contributed by atoms with Crippen molar-refractivity contribution >= 4 is 40.1 Å². The summed E-state index contributed by atoms with van der Waals surface area (Å²) in [6.45, 7) is 8.65. The quantitative estimate of drug-likeness (QED) is 0.131. The molecule has 1 saturated heterocycles. The summed E-state index contributed by atoms with van der Waals surface area (Å²) in [5.41, 5.74) is 1.72. The number of unbranched alkanes of at least 4 members (excludes halogenated alkanes) is 2. The highest BCUT2D eigenvalue weighted by Gasteiger charge is 2.38. The molecule has 3 N–H and O–H groups in total. The van der Waals surface area contributed by atoms with Crippen LogP contribution in [0.15, 0.2) is 54.1 Å². The van der Waals surface area contributed by atoms with Crippen molar-refractivity contribution in [1.29, 1.82) is 0 Å². The second-order valence-electron chi connectivity index (χ2n) is 12.4. The molecule has 266 valence electrons. The number of fused-ring (bicyclic) bond motifs is 1. The van der Waals surface area contributed by atoms with Gasteiger partial charge in [0.15, 0.2) is 5.43 Å². The summed E-state index contributed by atoms with van der Waals surface area (Å²) in [6.07, 6.45) is 14.2. The van der Waals surface area contributed by atoms with Crippen LogP contribution in [0, 0.1) is 6.92 Å². The number of pyridine rings is 1. The number of H-pyrrole nitrogens is 1. The summed E-state index contributed by atoms with van der Waals surface area (Å²) in [7, 11) is 0.519. The van der Waals surface area contributed by atoms with Crippen molar-refractivity contribution in [2.24, 2.45) is 0 Å². The zero-order valence-electron chi connectivity index (χ0n) is 28.5. The molecule has 14 heteroatoms. The van der Waals surface area contributed by atoms with Gasteiger partial charge in [0.05, 0.1) is 24.1 Å². The molecule has 3 aromatic rings. The molecule has 49 heavy (non-hydrogen) atoms. The Balaban J connectivity index is 0.000000182. The summed E-state index contributed by atoms with van der Waals surface area (Å²) >= 11 is 0. The standard InChI is InChI=1S/C17H28N2O3.C14H13N3O2.C4H7NO2S/c1-3-4-5-6-12-22-13(2)17(21)19-11-7-8-15(19)16(20)18-14-9-10-14;1-9-7-15-17(8-9)14-6-13(18)11-4-3-10(19-2)5-12(11)16-14;6-3-5-8(7)4-1-2-4/h3,13-15H,1,4-12H2,2H3,(H,18,20);3-8H,1-2H3,(H,16,18);3-4H,1-2H2,(H,5,6)/t13-,15?;;/m1../s1. The number of aryl methyl sites for hydroxylation is 1. The number of hydrogen-bond acceptors (Lipinski definition) is 8. The van der Waals surface area contributed by atoms with E-state index in [0.717, 1.165) is 68.9 Å². The van der Waals surface area contributed by atoms with Gasteiger partial charge in [-0.05, 0) is 89.3 Å². The van der Waals surface area contributed by atoms with Crippen LogP contribution in [0.5, 0.6) is 5.75 Å². The lowest BCUT2D eigenvalue weighted by Crippen LogP contribution is -2.49. The average Bonchev–Trinajstić information content (AvgIpc) is 4.02. The lowest BCUT2D eigenvalue weighted by atomic mass is 10.2. The average molecular weight is 697 g/mol. The second-order valence-corrected chi connectivity index (χ2v) is 13.9. The number of carbonyl (C=O) groups is 3. The Morgan fingerprint density at radius 3 is 2.59 bits per heavy atom. The third-order valence-corrected chi connectivity index (χ3v) is 9.66. The van der Waals surface area contributed by atoms with Crippen LogP contribution in [0.3, 0.4) is 0 Å². The molecule has 1 aromatic carbocycles. The fourth-order valence-corrected chi connectivity index (χ4v) is 6.07. The Morgan fingerprint density at radius 2 is 1.96 bits per heavy atom. The van der Waals surface area contributed by atoms with Crippen LogP contribution < -0.4 is 20.2 Å². The first-order valence-corrected chi connectivity index (χ1v) is 18.0. The number of rotatable bonds is 14. The molecule has 2 aromatic heterocycles. The van der Waals surface area contributed by atoms with E-state index in [4.69, 9.17) is 9.47 Å². The van der Waals surface area contributed by atoms with Crippen LogP contribution in [-0.4, -0.2) is 85.8 Å². The van der Waals surface area contributed by atoms with E-state index in [1.807, 2.05) is 19.2 Å². The summed E-state index contributed by atoms with van der Waals surface area (Å²) in [5.74, 6) is 1.29. The lowest BCUT2D eigenvalue weighted by Gasteiger charge is -2.26. The number of benzene rings is 1. The van der Waals surface area contributed by atoms with E-state index in [2.05, 4.69) is 26.7 Å². The lowest BCUT2D eigenvalue weighted by molar-refractivity contribution is -0.147. The van der Waals surface area contributed by atoms with E-state index in [1.54, 1.807) is 54.1 Å². The Bertz CT molecular complexity index is 1670. The SMILES string of the molecule is C=CCCCCO[C@H](C)C(=O)N1CCCC1C(=O)NC1CC1.COc1ccc2c(=O)cc(-n3cc(C)cn3)[nH]c2c1.O=CNS(=O)C1CC1. The number of nitrogens with one attached hydrogen (secondary N) is 3. The Morgan fingerprint density at radius 1 is 1.18 bits per heavy atom. The number of carbonyl (C=O) groups excluding carboxylic acids is 3. The largest absolute Gasteiger partial charge is 0.497 e. The number of aromatic amines is 1. The number of aromatic nitrogens is 3. The highest BCUT2D eigenvalue weighted by molar-refractivity contribution is 7.84. The molecule has 2 saturated carbocycles. The number of ether oxygens (including phenoxy) is 2. The summed E-state index contributed by atoms with van der Waals surface area (Å²) in [5, 5.41) is 8.08. The van der Waals surface area contributed by atoms with E-state index in [1.165, 1.54) is 0 Å². The van der Waals surface area contributed by atoms with Gasteiger partial charge in [0.25, 0.3) is 5.91 Å². The minimum absolute atomic E-state index is 0.00605. The second kappa shape index (κ2) is 18.5. The van der Waals surface area contributed by atoms with Gasteiger partial charge in [-0.15, -0.1) is 6.58 Å². The molecule has 0 radical (unpaired) electrons. The van der Waals surface area contributed by atoms with Crippen molar-refractivity contribution in [3.8, 4) is 11.6 Å². The maximum absolute atomic E-state index is 12.5. The minimum atomic E-state index is -1.08. The monoisotopic (exact) mass is 696 g/mol. The van der Waals surface area contributed by atoms with Crippen LogP contribution in [0.4, 0.5) is 0 Å². The molecule has 1 aliphatic heterocycles. The summed E-state index contributed by atoms with van der Waals surface area (Å²) < 4.78 is 25.2. The van der Waals surface area contributed by atoms with Crippen molar-refractivity contribution < 1.29 is 28.1 Å². The molecule has 2 aliphatic carbocycles. The zero-order valence-corrected chi connectivity index (χ0v) is 29.3. The van der Waals surface area contributed by atoms with Crippen LogP contribution in [0.2, 0.25) is 0 Å². The topological polar surface area (TPSA) is 165 Å². The third kappa shape index (κ3) is 11.4. The maximum atomic E-state index is 12.5. The van der Waals surface area contributed by atoms with Crippen molar-refractivity contribution in [3.05, 3.63) is 65.1 Å². The highest BCUT2D eigenvalue weighted by atomic mass is 32.2. The van der Waals surface area contributed by atoms with Gasteiger partial charge in [-0.1, -0.05) is 6.08 Å². The van der Waals surface area contributed by atoms with E-state index in [9.17, 15) is 23.4 Å². The van der Waals surface area contributed by atoms with Gasteiger partial charge in [-0.3, -0.25) is 23.9 Å². The molecule has 3 aliphatic rings. The van der Waals surface area contributed by atoms with Gasteiger partial charge in [-0.2, -0.15) is 5.10 Å². The summed E-state index contributed by atoms with van der Waals surface area (Å²) in [4.78, 5) is 51.3. The molecule has 3 atom stereocenters. The smallest absolute Gasteiger partial charge is 0.252 e. The number of amides is 3. The maximum Gasteiger partial charge on any atom is 0.252 e. The Hall–Kier alpha value is -4.30. The van der Waals surface area contributed by atoms with E-state index < -0.39 is 17.1 Å².